The van der Waals surface area contributed by atoms with Gasteiger partial charge in [0, 0.05) is 23.9 Å². The second-order valence-corrected chi connectivity index (χ2v) is 2.76. The van der Waals surface area contributed by atoms with Crippen LogP contribution in [0.4, 0.5) is 0 Å². The zero-order valence-electron chi connectivity index (χ0n) is 8.07. The molecule has 1 heterocycles. The van der Waals surface area contributed by atoms with Crippen molar-refractivity contribution >= 4 is 0 Å². The Balaban J connectivity index is 3.08. The molecule has 4 nitrogen and oxygen atoms in total. The lowest BCUT2D eigenvalue weighted by molar-refractivity contribution is 0.378. The fraction of sp³-hybridized carbons (Fsp3) is 0.444. The van der Waals surface area contributed by atoms with Gasteiger partial charge in [0.1, 0.15) is 5.75 Å². The molecule has 13 heavy (non-hydrogen) atoms. The molecular weight excluding hydrogens is 168 g/mol. The van der Waals surface area contributed by atoms with Gasteiger partial charge in [-0.15, -0.1) is 0 Å². The van der Waals surface area contributed by atoms with Crippen LogP contribution in [0.3, 0.4) is 0 Å². The summed E-state index contributed by atoms with van der Waals surface area (Å²) in [5, 5.41) is 0. The van der Waals surface area contributed by atoms with Crippen molar-refractivity contribution in [1.29, 1.82) is 0 Å². The van der Waals surface area contributed by atoms with Crippen LogP contribution in [0.1, 0.15) is 18.5 Å². The highest BCUT2D eigenvalue weighted by molar-refractivity contribution is 5.37. The first-order valence-electron chi connectivity index (χ1n) is 4.02. The highest BCUT2D eigenvalue weighted by atomic mass is 16.5. The van der Waals surface area contributed by atoms with Crippen molar-refractivity contribution in [3.8, 4) is 11.6 Å². The summed E-state index contributed by atoms with van der Waals surface area (Å²) < 4.78 is 10.1. The van der Waals surface area contributed by atoms with Crippen molar-refractivity contribution in [3.05, 3.63) is 17.8 Å². The Morgan fingerprint density at radius 2 is 2.08 bits per heavy atom. The molecule has 0 saturated carbocycles. The molecule has 0 bridgehead atoms. The number of nitrogens with two attached hydrogens (primary N) is 1. The Bertz CT molecular complexity index is 287. The number of hydrogen-bond acceptors (Lipinski definition) is 4. The minimum Gasteiger partial charge on any atom is -0.496 e. The van der Waals surface area contributed by atoms with Crippen LogP contribution in [0.25, 0.3) is 0 Å². The Hall–Kier alpha value is -1.29. The first-order valence-corrected chi connectivity index (χ1v) is 4.02. The first kappa shape index (κ1) is 9.80. The van der Waals surface area contributed by atoms with Crippen LogP contribution >= 0.6 is 0 Å². The van der Waals surface area contributed by atoms with Crippen LogP contribution in [0.15, 0.2) is 12.3 Å². The summed E-state index contributed by atoms with van der Waals surface area (Å²) in [6.45, 7) is 1.88. The second kappa shape index (κ2) is 4.09. The van der Waals surface area contributed by atoms with Gasteiger partial charge in [-0.3, -0.25) is 0 Å². The van der Waals surface area contributed by atoms with Gasteiger partial charge in [0.15, 0.2) is 0 Å². The quantitative estimate of drug-likeness (QED) is 0.761. The Morgan fingerprint density at radius 3 is 2.54 bits per heavy atom. The fourth-order valence-electron chi connectivity index (χ4n) is 1.06. The number of nitrogens with zero attached hydrogens (tertiary/aromatic N) is 1. The average molecular weight is 182 g/mol. The van der Waals surface area contributed by atoms with E-state index in [0.29, 0.717) is 11.6 Å². The molecule has 2 N–H and O–H groups in total. The van der Waals surface area contributed by atoms with Crippen LogP contribution in [-0.2, 0) is 0 Å². The molecule has 0 saturated heterocycles. The summed E-state index contributed by atoms with van der Waals surface area (Å²) in [6.07, 6.45) is 1.67. The SMILES string of the molecule is COc1cc(OC)c(C(C)N)cn1. The van der Waals surface area contributed by atoms with E-state index in [1.807, 2.05) is 6.92 Å². The molecule has 1 unspecified atom stereocenters. The van der Waals surface area contributed by atoms with Gasteiger partial charge in [0.25, 0.3) is 0 Å². The third-order valence-electron chi connectivity index (χ3n) is 1.79. The molecule has 1 atom stereocenters. The van der Waals surface area contributed by atoms with Crippen LogP contribution < -0.4 is 15.2 Å². The molecule has 0 aliphatic heterocycles. The van der Waals surface area contributed by atoms with E-state index in [2.05, 4.69) is 4.98 Å². The van der Waals surface area contributed by atoms with E-state index in [0.717, 1.165) is 5.56 Å². The minimum absolute atomic E-state index is 0.0895. The molecule has 72 valence electrons. The molecule has 0 fully saturated rings. The summed E-state index contributed by atoms with van der Waals surface area (Å²) >= 11 is 0. The fourth-order valence-corrected chi connectivity index (χ4v) is 1.06. The number of hydrogen-bond donors (Lipinski definition) is 1. The maximum absolute atomic E-state index is 5.72. The van der Waals surface area contributed by atoms with Gasteiger partial charge in [-0.25, -0.2) is 4.98 Å². The predicted molar refractivity (Wildman–Crippen MR) is 49.9 cm³/mol. The van der Waals surface area contributed by atoms with Crippen LogP contribution in [0.2, 0.25) is 0 Å². The molecule has 0 amide bonds. The zero-order chi connectivity index (χ0) is 9.84. The van der Waals surface area contributed by atoms with Crippen LogP contribution in [0.5, 0.6) is 11.6 Å². The third-order valence-corrected chi connectivity index (χ3v) is 1.79. The van der Waals surface area contributed by atoms with Crippen molar-refractivity contribution in [3.63, 3.8) is 0 Å². The molecule has 0 aromatic carbocycles. The Morgan fingerprint density at radius 1 is 1.38 bits per heavy atom. The summed E-state index contributed by atoms with van der Waals surface area (Å²) in [4.78, 5) is 4.04. The van der Waals surface area contributed by atoms with Crippen LogP contribution in [0, 0.1) is 0 Å². The van der Waals surface area contributed by atoms with E-state index >= 15 is 0 Å². The third kappa shape index (κ3) is 2.09. The van der Waals surface area contributed by atoms with Gasteiger partial charge in [0.05, 0.1) is 14.2 Å². The molecule has 1 aromatic heterocycles. The lowest BCUT2D eigenvalue weighted by Crippen LogP contribution is -2.07. The highest BCUT2D eigenvalue weighted by Crippen LogP contribution is 2.25. The zero-order valence-corrected chi connectivity index (χ0v) is 8.07. The first-order chi connectivity index (χ1) is 6.19. The molecule has 1 rings (SSSR count). The standard InChI is InChI=1S/C9H14N2O2/c1-6(10)7-5-11-9(13-3)4-8(7)12-2/h4-6H,10H2,1-3H3. The number of ether oxygens (including phenoxy) is 2. The van der Waals surface area contributed by atoms with E-state index < -0.39 is 0 Å². The van der Waals surface area contributed by atoms with Crippen molar-refractivity contribution in [1.82, 2.24) is 4.98 Å². The maximum Gasteiger partial charge on any atom is 0.216 e. The molecule has 0 aliphatic carbocycles. The van der Waals surface area contributed by atoms with E-state index in [1.54, 1.807) is 26.5 Å². The number of pyridine rings is 1. The molecule has 0 radical (unpaired) electrons. The van der Waals surface area contributed by atoms with Gasteiger partial charge in [-0.05, 0) is 6.92 Å². The van der Waals surface area contributed by atoms with Crippen molar-refractivity contribution < 1.29 is 9.47 Å². The van der Waals surface area contributed by atoms with Crippen molar-refractivity contribution in [2.75, 3.05) is 14.2 Å². The van der Waals surface area contributed by atoms with E-state index in [-0.39, 0.29) is 6.04 Å². The predicted octanol–water partition coefficient (Wildman–Crippen LogP) is 1.12. The Kier molecular flexibility index (Phi) is 3.08. The summed E-state index contributed by atoms with van der Waals surface area (Å²) in [6, 6.07) is 1.63. The van der Waals surface area contributed by atoms with E-state index in [4.69, 9.17) is 15.2 Å². The lowest BCUT2D eigenvalue weighted by Gasteiger charge is -2.11. The maximum atomic E-state index is 5.72. The number of methoxy groups -OCH3 is 2. The highest BCUT2D eigenvalue weighted by Gasteiger charge is 2.09. The van der Waals surface area contributed by atoms with Gasteiger partial charge in [-0.1, -0.05) is 0 Å². The van der Waals surface area contributed by atoms with Gasteiger partial charge in [0.2, 0.25) is 5.88 Å². The Labute approximate surface area is 77.7 Å². The topological polar surface area (TPSA) is 57.4 Å². The van der Waals surface area contributed by atoms with Gasteiger partial charge >= 0.3 is 0 Å². The summed E-state index contributed by atoms with van der Waals surface area (Å²) in [5.41, 5.74) is 6.60. The van der Waals surface area contributed by atoms with Crippen molar-refractivity contribution in [2.45, 2.75) is 13.0 Å². The van der Waals surface area contributed by atoms with E-state index in [1.165, 1.54) is 0 Å². The number of aromatic nitrogens is 1. The van der Waals surface area contributed by atoms with Gasteiger partial charge < -0.3 is 15.2 Å². The lowest BCUT2D eigenvalue weighted by atomic mass is 10.1. The molecule has 0 spiro atoms. The molecule has 4 heteroatoms. The largest absolute Gasteiger partial charge is 0.496 e. The molecule has 0 aliphatic rings. The minimum atomic E-state index is -0.0895. The number of rotatable bonds is 3. The molecule has 1 aromatic rings. The van der Waals surface area contributed by atoms with Crippen molar-refractivity contribution in [2.24, 2.45) is 5.73 Å². The summed E-state index contributed by atoms with van der Waals surface area (Å²) in [7, 11) is 3.16. The van der Waals surface area contributed by atoms with Gasteiger partial charge in [-0.2, -0.15) is 0 Å². The monoisotopic (exact) mass is 182 g/mol. The van der Waals surface area contributed by atoms with E-state index in [9.17, 15) is 0 Å². The van der Waals surface area contributed by atoms with Crippen LogP contribution in [-0.4, -0.2) is 19.2 Å². The summed E-state index contributed by atoms with van der Waals surface area (Å²) in [5.74, 6) is 1.24. The smallest absolute Gasteiger partial charge is 0.216 e. The second-order valence-electron chi connectivity index (χ2n) is 2.76. The average Bonchev–Trinajstić information content (AvgIpc) is 2.16. The normalized spacial score (nSPS) is 12.3. The molecular formula is C9H14N2O2.